The quantitative estimate of drug-likeness (QED) is 0.711. The summed E-state index contributed by atoms with van der Waals surface area (Å²) in [6, 6.07) is 10.5. The number of fused-ring (bicyclic) bond motifs is 1. The van der Waals surface area contributed by atoms with Crippen molar-refractivity contribution in [3.8, 4) is 17.2 Å². The first-order valence-electron chi connectivity index (χ1n) is 9.70. The molecular weight excluding hydrogens is 384 g/mol. The number of hydrogen-bond donors (Lipinski definition) is 1. The lowest BCUT2D eigenvalue weighted by Crippen LogP contribution is -2.47. The third-order valence-electron chi connectivity index (χ3n) is 4.97. The van der Waals surface area contributed by atoms with Crippen molar-refractivity contribution in [2.24, 2.45) is 0 Å². The third-order valence-corrected chi connectivity index (χ3v) is 4.97. The molecule has 2 amide bonds. The number of nitrogens with zero attached hydrogens (tertiary/aromatic N) is 1. The molecule has 0 spiro atoms. The van der Waals surface area contributed by atoms with Crippen LogP contribution in [0, 0.1) is 0 Å². The van der Waals surface area contributed by atoms with Crippen LogP contribution >= 0.6 is 0 Å². The van der Waals surface area contributed by atoms with Gasteiger partial charge in [-0.25, -0.2) is 0 Å². The number of ether oxygens (including phenoxy) is 3. The first-order chi connectivity index (χ1) is 14.5. The van der Waals surface area contributed by atoms with E-state index in [-0.39, 0.29) is 11.8 Å². The number of carbonyl (C=O) groups is 2. The third kappa shape index (κ3) is 4.10. The molecule has 1 heterocycles. The molecule has 3 rings (SSSR count). The van der Waals surface area contributed by atoms with Gasteiger partial charge < -0.3 is 19.5 Å². The Bertz CT molecular complexity index is 945. The molecule has 158 valence electrons. The lowest BCUT2D eigenvalue weighted by Gasteiger charge is -2.23. The monoisotopic (exact) mass is 410 g/mol. The number of rotatable bonds is 7. The van der Waals surface area contributed by atoms with Crippen molar-refractivity contribution in [2.75, 3.05) is 32.8 Å². The van der Waals surface area contributed by atoms with Gasteiger partial charge >= 0.3 is 0 Å². The molecule has 0 radical (unpaired) electrons. The predicted octanol–water partition coefficient (Wildman–Crippen LogP) is 2.82. The molecule has 2 aromatic carbocycles. The van der Waals surface area contributed by atoms with Gasteiger partial charge in [0.05, 0.1) is 21.3 Å². The Morgan fingerprint density at radius 3 is 2.37 bits per heavy atom. The van der Waals surface area contributed by atoms with Crippen LogP contribution in [0.2, 0.25) is 0 Å². The van der Waals surface area contributed by atoms with Crippen LogP contribution in [0.5, 0.6) is 17.2 Å². The van der Waals surface area contributed by atoms with Gasteiger partial charge in [0.2, 0.25) is 11.7 Å². The minimum absolute atomic E-state index is 0.164. The minimum atomic E-state index is -0.570. The van der Waals surface area contributed by atoms with E-state index in [0.29, 0.717) is 35.8 Å². The molecule has 30 heavy (non-hydrogen) atoms. The SMILES string of the molecule is CCNC(=O)C1Cc2ccccc2N1C(=O)/C=C/c1cc(OC)c(OC)c(OC)c1. The number of para-hydroxylation sites is 1. The van der Waals surface area contributed by atoms with Crippen molar-refractivity contribution in [3.63, 3.8) is 0 Å². The zero-order valence-electron chi connectivity index (χ0n) is 17.6. The highest BCUT2D eigenvalue weighted by molar-refractivity contribution is 6.10. The number of nitrogens with one attached hydrogen (secondary N) is 1. The van der Waals surface area contributed by atoms with Crippen LogP contribution in [0.25, 0.3) is 6.08 Å². The second kappa shape index (κ2) is 9.35. The lowest BCUT2D eigenvalue weighted by atomic mass is 10.1. The van der Waals surface area contributed by atoms with Crippen LogP contribution in [-0.2, 0) is 16.0 Å². The Labute approximate surface area is 176 Å². The number of hydrogen-bond acceptors (Lipinski definition) is 5. The summed E-state index contributed by atoms with van der Waals surface area (Å²) in [5.74, 6) is 1.03. The van der Waals surface area contributed by atoms with Crippen LogP contribution in [0.1, 0.15) is 18.1 Å². The maximum Gasteiger partial charge on any atom is 0.251 e. The van der Waals surface area contributed by atoms with E-state index in [2.05, 4.69) is 5.32 Å². The second-order valence-corrected chi connectivity index (χ2v) is 6.74. The highest BCUT2D eigenvalue weighted by Gasteiger charge is 2.37. The van der Waals surface area contributed by atoms with Crippen LogP contribution in [-0.4, -0.2) is 45.7 Å². The smallest absolute Gasteiger partial charge is 0.251 e. The van der Waals surface area contributed by atoms with Crippen molar-refractivity contribution < 1.29 is 23.8 Å². The number of methoxy groups -OCH3 is 3. The van der Waals surface area contributed by atoms with E-state index >= 15 is 0 Å². The summed E-state index contributed by atoms with van der Waals surface area (Å²) in [7, 11) is 4.60. The number of carbonyl (C=O) groups excluding carboxylic acids is 2. The molecule has 1 aliphatic rings. The van der Waals surface area contributed by atoms with E-state index in [1.165, 1.54) is 27.4 Å². The Balaban J connectivity index is 1.91. The molecule has 7 nitrogen and oxygen atoms in total. The fourth-order valence-corrected chi connectivity index (χ4v) is 3.61. The van der Waals surface area contributed by atoms with Gasteiger partial charge in [0.1, 0.15) is 6.04 Å². The summed E-state index contributed by atoms with van der Waals surface area (Å²) in [6.07, 6.45) is 3.61. The van der Waals surface area contributed by atoms with Crippen molar-refractivity contribution in [3.05, 3.63) is 53.6 Å². The number of likely N-dealkylation sites (N-methyl/N-ethyl adjacent to an activating group) is 1. The van der Waals surface area contributed by atoms with Gasteiger partial charge in [0, 0.05) is 24.7 Å². The summed E-state index contributed by atoms with van der Waals surface area (Å²) in [4.78, 5) is 27.2. The Morgan fingerprint density at radius 1 is 1.10 bits per heavy atom. The fraction of sp³-hybridized carbons (Fsp3) is 0.304. The lowest BCUT2D eigenvalue weighted by molar-refractivity contribution is -0.124. The highest BCUT2D eigenvalue weighted by Crippen LogP contribution is 2.38. The van der Waals surface area contributed by atoms with Crippen LogP contribution < -0.4 is 24.4 Å². The van der Waals surface area contributed by atoms with Crippen LogP contribution in [0.3, 0.4) is 0 Å². The van der Waals surface area contributed by atoms with Gasteiger partial charge in [0.15, 0.2) is 11.5 Å². The van der Waals surface area contributed by atoms with Gasteiger partial charge in [-0.05, 0) is 42.3 Å². The molecule has 2 aromatic rings. The number of amides is 2. The van der Waals surface area contributed by atoms with Crippen molar-refractivity contribution >= 4 is 23.6 Å². The van der Waals surface area contributed by atoms with E-state index in [9.17, 15) is 9.59 Å². The molecule has 1 N–H and O–H groups in total. The van der Waals surface area contributed by atoms with Gasteiger partial charge in [-0.2, -0.15) is 0 Å². The van der Waals surface area contributed by atoms with Crippen LogP contribution in [0.4, 0.5) is 5.69 Å². The van der Waals surface area contributed by atoms with Crippen molar-refractivity contribution in [1.82, 2.24) is 5.32 Å². The highest BCUT2D eigenvalue weighted by atomic mass is 16.5. The van der Waals surface area contributed by atoms with Gasteiger partial charge in [-0.15, -0.1) is 0 Å². The average molecular weight is 410 g/mol. The van der Waals surface area contributed by atoms with E-state index in [1.807, 2.05) is 31.2 Å². The second-order valence-electron chi connectivity index (χ2n) is 6.74. The average Bonchev–Trinajstić information content (AvgIpc) is 3.16. The predicted molar refractivity (Wildman–Crippen MR) is 115 cm³/mol. The zero-order valence-corrected chi connectivity index (χ0v) is 17.6. The Kier molecular flexibility index (Phi) is 6.61. The van der Waals surface area contributed by atoms with Crippen molar-refractivity contribution in [1.29, 1.82) is 0 Å². The van der Waals surface area contributed by atoms with Gasteiger partial charge in [-0.1, -0.05) is 18.2 Å². The summed E-state index contributed by atoms with van der Waals surface area (Å²) in [5, 5.41) is 2.82. The largest absolute Gasteiger partial charge is 0.493 e. The summed E-state index contributed by atoms with van der Waals surface area (Å²) >= 11 is 0. The number of benzene rings is 2. The molecule has 0 aromatic heterocycles. The first kappa shape index (κ1) is 21.2. The molecule has 0 bridgehead atoms. The van der Waals surface area contributed by atoms with E-state index in [0.717, 1.165) is 11.3 Å². The molecule has 1 atom stereocenters. The normalized spacial score (nSPS) is 15.1. The summed E-state index contributed by atoms with van der Waals surface area (Å²) in [5.41, 5.74) is 2.44. The maximum absolute atomic E-state index is 13.1. The molecule has 0 fully saturated rings. The van der Waals surface area contributed by atoms with Crippen LogP contribution in [0.15, 0.2) is 42.5 Å². The molecule has 1 unspecified atom stereocenters. The molecular formula is C23H26N2O5. The topological polar surface area (TPSA) is 77.1 Å². The zero-order chi connectivity index (χ0) is 21.7. The summed E-state index contributed by atoms with van der Waals surface area (Å²) in [6.45, 7) is 2.37. The van der Waals surface area contributed by atoms with E-state index in [4.69, 9.17) is 14.2 Å². The first-order valence-corrected chi connectivity index (χ1v) is 9.70. The number of anilines is 1. The molecule has 0 saturated heterocycles. The minimum Gasteiger partial charge on any atom is -0.493 e. The Hall–Kier alpha value is -3.48. The molecule has 0 aliphatic carbocycles. The Morgan fingerprint density at radius 2 is 1.77 bits per heavy atom. The summed E-state index contributed by atoms with van der Waals surface area (Å²) < 4.78 is 16.1. The fourth-order valence-electron chi connectivity index (χ4n) is 3.61. The van der Waals surface area contributed by atoms with Gasteiger partial charge in [0.25, 0.3) is 5.91 Å². The standard InChI is InChI=1S/C23H26N2O5/c1-5-24-23(27)18-14-16-8-6-7-9-17(16)25(18)21(26)11-10-15-12-19(28-2)22(30-4)20(13-15)29-3/h6-13,18H,5,14H2,1-4H3,(H,24,27)/b11-10+. The molecule has 7 heteroatoms. The van der Waals surface area contributed by atoms with E-state index in [1.54, 1.807) is 23.1 Å². The van der Waals surface area contributed by atoms with Gasteiger partial charge in [-0.3, -0.25) is 14.5 Å². The molecule has 1 aliphatic heterocycles. The molecule has 0 saturated carbocycles. The van der Waals surface area contributed by atoms with Crippen molar-refractivity contribution in [2.45, 2.75) is 19.4 Å². The maximum atomic E-state index is 13.1. The van der Waals surface area contributed by atoms with E-state index < -0.39 is 6.04 Å².